The summed E-state index contributed by atoms with van der Waals surface area (Å²) in [5.41, 5.74) is 1.26. The number of benzene rings is 2. The fraction of sp³-hybridized carbons (Fsp3) is 0.211. The second-order valence-corrected chi connectivity index (χ2v) is 5.63. The Kier molecular flexibility index (Phi) is 6.28. The van der Waals surface area contributed by atoms with Gasteiger partial charge in [0, 0.05) is 12.0 Å². The summed E-state index contributed by atoms with van der Waals surface area (Å²) in [4.78, 5) is 35.6. The second kappa shape index (κ2) is 8.63. The van der Waals surface area contributed by atoms with Crippen molar-refractivity contribution in [3.63, 3.8) is 0 Å². The van der Waals surface area contributed by atoms with Crippen LogP contribution in [0.5, 0.6) is 0 Å². The average molecular weight is 339 g/mol. The summed E-state index contributed by atoms with van der Waals surface area (Å²) in [5.74, 6) is -2.37. The first-order chi connectivity index (χ1) is 12.0. The molecule has 0 saturated heterocycles. The van der Waals surface area contributed by atoms with E-state index in [-0.39, 0.29) is 6.42 Å². The lowest BCUT2D eigenvalue weighted by Crippen LogP contribution is -2.54. The van der Waals surface area contributed by atoms with Crippen molar-refractivity contribution in [3.8, 4) is 0 Å². The number of carboxylic acids is 1. The van der Waals surface area contributed by atoms with Crippen molar-refractivity contribution in [2.75, 3.05) is 0 Å². The molecule has 6 nitrogen and oxygen atoms in total. The third kappa shape index (κ3) is 5.46. The van der Waals surface area contributed by atoms with E-state index in [1.54, 1.807) is 30.3 Å². The van der Waals surface area contributed by atoms with E-state index in [0.29, 0.717) is 5.56 Å². The minimum absolute atomic E-state index is 0.241. The predicted octanol–water partition coefficient (Wildman–Crippen LogP) is 0.282. The van der Waals surface area contributed by atoms with Crippen LogP contribution in [0.25, 0.3) is 0 Å². The quantitative estimate of drug-likeness (QED) is 0.757. The zero-order valence-electron chi connectivity index (χ0n) is 13.8. The maximum absolute atomic E-state index is 12.4. The molecule has 0 bridgehead atoms. The molecule has 2 N–H and O–H groups in total. The topological polar surface area (TPSA) is 98.3 Å². The number of hydrogen-bond donors (Lipinski definition) is 2. The Balaban J connectivity index is 2.15. The summed E-state index contributed by atoms with van der Waals surface area (Å²) in [6.45, 7) is 1.31. The van der Waals surface area contributed by atoms with Gasteiger partial charge in [0.2, 0.25) is 5.91 Å². The van der Waals surface area contributed by atoms with Crippen molar-refractivity contribution in [3.05, 3.63) is 71.8 Å². The molecular formula is C19H19N2O4-. The Morgan fingerprint density at radius 2 is 1.48 bits per heavy atom. The van der Waals surface area contributed by atoms with Crippen LogP contribution in [-0.4, -0.2) is 29.9 Å². The van der Waals surface area contributed by atoms with Gasteiger partial charge in [-0.1, -0.05) is 48.5 Å². The number of hydrogen-bond acceptors (Lipinski definition) is 4. The van der Waals surface area contributed by atoms with Crippen LogP contribution in [0.1, 0.15) is 22.8 Å². The number of carbonyl (C=O) groups excluding carboxylic acids is 3. The molecule has 2 aromatic carbocycles. The molecule has 2 atom stereocenters. The molecular weight excluding hydrogens is 320 g/mol. The zero-order chi connectivity index (χ0) is 18.2. The molecule has 25 heavy (non-hydrogen) atoms. The van der Waals surface area contributed by atoms with E-state index in [0.717, 1.165) is 5.56 Å². The van der Waals surface area contributed by atoms with Crippen LogP contribution in [0.4, 0.5) is 0 Å². The largest absolute Gasteiger partial charge is 0.548 e. The number of aliphatic carboxylic acids is 1. The van der Waals surface area contributed by atoms with Crippen LogP contribution < -0.4 is 15.7 Å². The van der Waals surface area contributed by atoms with Gasteiger partial charge in [-0.05, 0) is 24.6 Å². The summed E-state index contributed by atoms with van der Waals surface area (Å²) in [7, 11) is 0. The number of carbonyl (C=O) groups is 3. The monoisotopic (exact) mass is 339 g/mol. The smallest absolute Gasteiger partial charge is 0.251 e. The molecule has 0 aliphatic heterocycles. The van der Waals surface area contributed by atoms with Crippen molar-refractivity contribution >= 4 is 17.8 Å². The minimum atomic E-state index is -1.39. The summed E-state index contributed by atoms with van der Waals surface area (Å²) >= 11 is 0. The summed E-state index contributed by atoms with van der Waals surface area (Å²) in [6, 6.07) is 15.6. The van der Waals surface area contributed by atoms with Gasteiger partial charge in [-0.25, -0.2) is 0 Å². The third-order valence-corrected chi connectivity index (χ3v) is 3.65. The lowest BCUT2D eigenvalue weighted by Gasteiger charge is -2.22. The van der Waals surface area contributed by atoms with Crippen LogP contribution in [0.15, 0.2) is 60.7 Å². The van der Waals surface area contributed by atoms with E-state index in [1.807, 2.05) is 30.3 Å². The van der Waals surface area contributed by atoms with Crippen molar-refractivity contribution in [2.24, 2.45) is 0 Å². The SMILES string of the molecule is C[C@H](NC(=O)[C@H](Cc1ccccc1)NC(=O)c1ccccc1)C(=O)[O-]. The summed E-state index contributed by atoms with van der Waals surface area (Å²) in [5, 5.41) is 15.8. The van der Waals surface area contributed by atoms with E-state index < -0.39 is 29.9 Å². The van der Waals surface area contributed by atoms with Gasteiger partial charge in [-0.2, -0.15) is 0 Å². The highest BCUT2D eigenvalue weighted by atomic mass is 16.4. The number of amides is 2. The van der Waals surface area contributed by atoms with Gasteiger partial charge < -0.3 is 20.5 Å². The molecule has 2 amide bonds. The highest BCUT2D eigenvalue weighted by Crippen LogP contribution is 2.06. The van der Waals surface area contributed by atoms with Crippen LogP contribution in [0.3, 0.4) is 0 Å². The van der Waals surface area contributed by atoms with Crippen molar-refractivity contribution < 1.29 is 19.5 Å². The van der Waals surface area contributed by atoms with E-state index in [9.17, 15) is 19.5 Å². The molecule has 0 aromatic heterocycles. The molecule has 2 rings (SSSR count). The highest BCUT2D eigenvalue weighted by Gasteiger charge is 2.23. The zero-order valence-corrected chi connectivity index (χ0v) is 13.8. The highest BCUT2D eigenvalue weighted by molar-refractivity contribution is 5.98. The van der Waals surface area contributed by atoms with Crippen molar-refractivity contribution in [2.45, 2.75) is 25.4 Å². The Morgan fingerprint density at radius 3 is 2.04 bits per heavy atom. The van der Waals surface area contributed by atoms with E-state index >= 15 is 0 Å². The molecule has 0 aliphatic rings. The average Bonchev–Trinajstić information content (AvgIpc) is 2.62. The summed E-state index contributed by atoms with van der Waals surface area (Å²) < 4.78 is 0. The lowest BCUT2D eigenvalue weighted by molar-refractivity contribution is -0.307. The molecule has 0 unspecified atom stereocenters. The van der Waals surface area contributed by atoms with Crippen LogP contribution in [0, 0.1) is 0 Å². The van der Waals surface area contributed by atoms with E-state index in [1.165, 1.54) is 6.92 Å². The van der Waals surface area contributed by atoms with Gasteiger partial charge >= 0.3 is 0 Å². The number of nitrogens with one attached hydrogen (secondary N) is 2. The molecule has 0 heterocycles. The lowest BCUT2D eigenvalue weighted by atomic mass is 10.0. The first kappa shape index (κ1) is 18.2. The molecule has 2 aromatic rings. The van der Waals surface area contributed by atoms with E-state index in [4.69, 9.17) is 0 Å². The summed E-state index contributed by atoms with van der Waals surface area (Å²) in [6.07, 6.45) is 0.241. The van der Waals surface area contributed by atoms with Crippen LogP contribution in [0.2, 0.25) is 0 Å². The van der Waals surface area contributed by atoms with Gasteiger partial charge in [0.05, 0.1) is 12.0 Å². The predicted molar refractivity (Wildman–Crippen MR) is 90.5 cm³/mol. The molecule has 0 saturated carbocycles. The van der Waals surface area contributed by atoms with Gasteiger partial charge in [0.25, 0.3) is 5.91 Å². The Morgan fingerprint density at radius 1 is 0.920 bits per heavy atom. The maximum Gasteiger partial charge on any atom is 0.251 e. The van der Waals surface area contributed by atoms with Gasteiger partial charge in [-0.15, -0.1) is 0 Å². The molecule has 0 spiro atoms. The number of rotatable bonds is 7. The molecule has 6 heteroatoms. The van der Waals surface area contributed by atoms with E-state index in [2.05, 4.69) is 10.6 Å². The number of carboxylic acid groups (broad SMARTS) is 1. The standard InChI is InChI=1S/C19H20N2O4/c1-13(19(24)25)20-18(23)16(12-14-8-4-2-5-9-14)21-17(22)15-10-6-3-7-11-15/h2-11,13,16H,12H2,1H3,(H,20,23)(H,21,22)(H,24,25)/p-1/t13-,16-/m0/s1. The molecule has 0 fully saturated rings. The van der Waals surface area contributed by atoms with Crippen molar-refractivity contribution in [1.82, 2.24) is 10.6 Å². The molecule has 0 aliphatic carbocycles. The fourth-order valence-electron chi connectivity index (χ4n) is 2.26. The van der Waals surface area contributed by atoms with Crippen LogP contribution in [-0.2, 0) is 16.0 Å². The van der Waals surface area contributed by atoms with Gasteiger partial charge in [0.1, 0.15) is 6.04 Å². The Hall–Kier alpha value is -3.15. The fourth-order valence-corrected chi connectivity index (χ4v) is 2.26. The Bertz CT molecular complexity index is 732. The minimum Gasteiger partial charge on any atom is -0.548 e. The Labute approximate surface area is 145 Å². The second-order valence-electron chi connectivity index (χ2n) is 5.63. The molecule has 0 radical (unpaired) electrons. The first-order valence-corrected chi connectivity index (χ1v) is 7.88. The van der Waals surface area contributed by atoms with Gasteiger partial charge in [-0.3, -0.25) is 9.59 Å². The maximum atomic E-state index is 12.4. The third-order valence-electron chi connectivity index (χ3n) is 3.65. The van der Waals surface area contributed by atoms with Crippen LogP contribution >= 0.6 is 0 Å². The van der Waals surface area contributed by atoms with Gasteiger partial charge in [0.15, 0.2) is 0 Å². The molecule has 130 valence electrons. The normalized spacial score (nSPS) is 12.7. The first-order valence-electron chi connectivity index (χ1n) is 7.88. The van der Waals surface area contributed by atoms with Crippen molar-refractivity contribution in [1.29, 1.82) is 0 Å².